The SMILES string of the molecule is Oc1ccc(N2CCN(c3ccc(O)c(O)c3)CC2)cc1O. The average molecular weight is 302 g/mol. The molecular formula is C16H18N2O4. The van der Waals surface area contributed by atoms with Crippen molar-refractivity contribution in [2.24, 2.45) is 0 Å². The minimum Gasteiger partial charge on any atom is -0.504 e. The molecule has 116 valence electrons. The summed E-state index contributed by atoms with van der Waals surface area (Å²) in [5.74, 6) is -0.490. The van der Waals surface area contributed by atoms with E-state index in [0.717, 1.165) is 37.6 Å². The fraction of sp³-hybridized carbons (Fsp3) is 0.250. The van der Waals surface area contributed by atoms with Gasteiger partial charge < -0.3 is 30.2 Å². The van der Waals surface area contributed by atoms with E-state index in [0.29, 0.717) is 0 Å². The maximum Gasteiger partial charge on any atom is 0.159 e. The van der Waals surface area contributed by atoms with Gasteiger partial charge in [0.1, 0.15) is 0 Å². The lowest BCUT2D eigenvalue weighted by Gasteiger charge is -2.37. The first-order valence-electron chi connectivity index (χ1n) is 7.08. The highest BCUT2D eigenvalue weighted by molar-refractivity contribution is 5.59. The largest absolute Gasteiger partial charge is 0.504 e. The molecule has 1 fully saturated rings. The predicted molar refractivity (Wildman–Crippen MR) is 84.0 cm³/mol. The summed E-state index contributed by atoms with van der Waals surface area (Å²) in [6.07, 6.45) is 0. The summed E-state index contributed by atoms with van der Waals surface area (Å²) in [4.78, 5) is 4.24. The minimum absolute atomic E-state index is 0.122. The van der Waals surface area contributed by atoms with Crippen molar-refractivity contribution in [3.05, 3.63) is 36.4 Å². The summed E-state index contributed by atoms with van der Waals surface area (Å²) in [5, 5.41) is 37.9. The molecule has 2 aromatic carbocycles. The number of nitrogens with zero attached hydrogens (tertiary/aromatic N) is 2. The number of piperazine rings is 1. The Morgan fingerprint density at radius 2 is 0.909 bits per heavy atom. The van der Waals surface area contributed by atoms with E-state index in [-0.39, 0.29) is 23.0 Å². The Morgan fingerprint density at radius 3 is 1.23 bits per heavy atom. The molecule has 0 aromatic heterocycles. The van der Waals surface area contributed by atoms with Crippen LogP contribution in [-0.4, -0.2) is 46.6 Å². The number of hydrogen-bond acceptors (Lipinski definition) is 6. The zero-order valence-electron chi connectivity index (χ0n) is 12.0. The smallest absolute Gasteiger partial charge is 0.159 e. The first-order valence-corrected chi connectivity index (χ1v) is 7.08. The first kappa shape index (κ1) is 14.2. The summed E-state index contributed by atoms with van der Waals surface area (Å²) in [6.45, 7) is 3.02. The topological polar surface area (TPSA) is 87.4 Å². The van der Waals surface area contributed by atoms with E-state index in [9.17, 15) is 20.4 Å². The van der Waals surface area contributed by atoms with Gasteiger partial charge in [-0.15, -0.1) is 0 Å². The molecule has 1 aliphatic heterocycles. The molecule has 0 aliphatic carbocycles. The van der Waals surface area contributed by atoms with E-state index < -0.39 is 0 Å². The predicted octanol–water partition coefficient (Wildman–Crippen LogP) is 1.84. The molecule has 6 heteroatoms. The number of benzene rings is 2. The molecule has 0 spiro atoms. The number of anilines is 2. The molecule has 1 heterocycles. The zero-order chi connectivity index (χ0) is 15.7. The molecular weight excluding hydrogens is 284 g/mol. The fourth-order valence-corrected chi connectivity index (χ4v) is 2.64. The van der Waals surface area contributed by atoms with Gasteiger partial charge in [0.05, 0.1) is 0 Å². The van der Waals surface area contributed by atoms with Gasteiger partial charge in [0.2, 0.25) is 0 Å². The van der Waals surface area contributed by atoms with Crippen molar-refractivity contribution in [3.63, 3.8) is 0 Å². The van der Waals surface area contributed by atoms with Crippen LogP contribution < -0.4 is 9.80 Å². The highest BCUT2D eigenvalue weighted by atomic mass is 16.3. The van der Waals surface area contributed by atoms with Gasteiger partial charge in [0.25, 0.3) is 0 Å². The van der Waals surface area contributed by atoms with Gasteiger partial charge in [0, 0.05) is 49.7 Å². The summed E-state index contributed by atoms with van der Waals surface area (Å²) in [6, 6.07) is 9.62. The molecule has 0 unspecified atom stereocenters. The molecule has 6 nitrogen and oxygen atoms in total. The van der Waals surface area contributed by atoms with Crippen LogP contribution in [0.3, 0.4) is 0 Å². The van der Waals surface area contributed by atoms with Crippen molar-refractivity contribution in [3.8, 4) is 23.0 Å². The van der Waals surface area contributed by atoms with Crippen LogP contribution in [0.15, 0.2) is 36.4 Å². The molecule has 0 bridgehead atoms. The second kappa shape index (κ2) is 5.55. The third kappa shape index (κ3) is 2.67. The number of aromatic hydroxyl groups is 4. The van der Waals surface area contributed by atoms with Crippen molar-refractivity contribution < 1.29 is 20.4 Å². The third-order valence-electron chi connectivity index (χ3n) is 3.93. The number of phenolic OH excluding ortho intramolecular Hbond substituents is 4. The van der Waals surface area contributed by atoms with Crippen LogP contribution in [0.1, 0.15) is 0 Å². The Bertz CT molecular complexity index is 622. The molecule has 22 heavy (non-hydrogen) atoms. The normalized spacial score (nSPS) is 15.1. The van der Waals surface area contributed by atoms with Crippen LogP contribution in [0.2, 0.25) is 0 Å². The molecule has 1 aliphatic rings. The van der Waals surface area contributed by atoms with E-state index in [1.807, 2.05) is 0 Å². The van der Waals surface area contributed by atoms with Gasteiger partial charge in [0.15, 0.2) is 23.0 Å². The minimum atomic E-state index is -0.123. The second-order valence-electron chi connectivity index (χ2n) is 5.32. The monoisotopic (exact) mass is 302 g/mol. The van der Waals surface area contributed by atoms with Crippen LogP contribution >= 0.6 is 0 Å². The van der Waals surface area contributed by atoms with E-state index in [1.165, 1.54) is 12.1 Å². The molecule has 0 saturated carbocycles. The van der Waals surface area contributed by atoms with E-state index in [4.69, 9.17) is 0 Å². The van der Waals surface area contributed by atoms with Crippen molar-refractivity contribution >= 4 is 11.4 Å². The molecule has 0 amide bonds. The van der Waals surface area contributed by atoms with Gasteiger partial charge in [-0.05, 0) is 24.3 Å². The Morgan fingerprint density at radius 1 is 0.545 bits per heavy atom. The van der Waals surface area contributed by atoms with Gasteiger partial charge in [-0.25, -0.2) is 0 Å². The van der Waals surface area contributed by atoms with Crippen molar-refractivity contribution in [1.29, 1.82) is 0 Å². The molecule has 2 aromatic rings. The Labute approximate surface area is 128 Å². The summed E-state index contributed by atoms with van der Waals surface area (Å²) < 4.78 is 0. The van der Waals surface area contributed by atoms with Gasteiger partial charge in [-0.2, -0.15) is 0 Å². The lowest BCUT2D eigenvalue weighted by atomic mass is 10.2. The molecule has 0 atom stereocenters. The highest BCUT2D eigenvalue weighted by Crippen LogP contribution is 2.32. The summed E-state index contributed by atoms with van der Waals surface area (Å²) in [7, 11) is 0. The van der Waals surface area contributed by atoms with Crippen molar-refractivity contribution in [1.82, 2.24) is 0 Å². The van der Waals surface area contributed by atoms with Crippen LogP contribution in [0.4, 0.5) is 11.4 Å². The molecule has 0 radical (unpaired) electrons. The summed E-state index contributed by atoms with van der Waals surface area (Å²) >= 11 is 0. The second-order valence-corrected chi connectivity index (χ2v) is 5.32. The molecule has 4 N–H and O–H groups in total. The van der Waals surface area contributed by atoms with Crippen LogP contribution in [0, 0.1) is 0 Å². The Kier molecular flexibility index (Phi) is 3.58. The lowest BCUT2D eigenvalue weighted by Crippen LogP contribution is -2.46. The van der Waals surface area contributed by atoms with E-state index in [2.05, 4.69) is 9.80 Å². The number of hydrogen-bond donors (Lipinski definition) is 4. The highest BCUT2D eigenvalue weighted by Gasteiger charge is 2.19. The van der Waals surface area contributed by atoms with Crippen molar-refractivity contribution in [2.45, 2.75) is 0 Å². The van der Waals surface area contributed by atoms with Crippen LogP contribution in [-0.2, 0) is 0 Å². The maximum absolute atomic E-state index is 9.58. The quantitative estimate of drug-likeness (QED) is 0.633. The van der Waals surface area contributed by atoms with E-state index >= 15 is 0 Å². The molecule has 3 rings (SSSR count). The Hall–Kier alpha value is -2.76. The standard InChI is InChI=1S/C16H18N2O4/c19-13-3-1-11(9-15(13)21)17-5-7-18(8-6-17)12-2-4-14(20)16(22)10-12/h1-4,9-10,19-22H,5-8H2. The molecule has 1 saturated heterocycles. The first-order chi connectivity index (χ1) is 10.5. The fourth-order valence-electron chi connectivity index (χ4n) is 2.64. The maximum atomic E-state index is 9.58. The van der Waals surface area contributed by atoms with Crippen LogP contribution in [0.5, 0.6) is 23.0 Å². The third-order valence-corrected chi connectivity index (χ3v) is 3.93. The van der Waals surface area contributed by atoms with Gasteiger partial charge in [-0.1, -0.05) is 0 Å². The van der Waals surface area contributed by atoms with Crippen molar-refractivity contribution in [2.75, 3.05) is 36.0 Å². The average Bonchev–Trinajstić information content (AvgIpc) is 2.53. The summed E-state index contributed by atoms with van der Waals surface area (Å²) in [5.41, 5.74) is 1.73. The number of phenols is 4. The van der Waals surface area contributed by atoms with Gasteiger partial charge >= 0.3 is 0 Å². The lowest BCUT2D eigenvalue weighted by molar-refractivity contribution is 0.403. The zero-order valence-corrected chi connectivity index (χ0v) is 12.0. The van der Waals surface area contributed by atoms with E-state index in [1.54, 1.807) is 24.3 Å². The Balaban J connectivity index is 1.69. The van der Waals surface area contributed by atoms with Crippen LogP contribution in [0.25, 0.3) is 0 Å². The number of rotatable bonds is 2. The van der Waals surface area contributed by atoms with Gasteiger partial charge in [-0.3, -0.25) is 0 Å².